The highest BCUT2D eigenvalue weighted by atomic mass is 79.9. The highest BCUT2D eigenvalue weighted by Crippen LogP contribution is 2.38. The predicted octanol–water partition coefficient (Wildman–Crippen LogP) is 5.35. The quantitative estimate of drug-likeness (QED) is 0.412. The maximum absolute atomic E-state index is 11.6. The van der Waals surface area contributed by atoms with Crippen LogP contribution in [0.5, 0.6) is 23.3 Å². The van der Waals surface area contributed by atoms with E-state index < -0.39 is 10.6 Å². The van der Waals surface area contributed by atoms with Crippen LogP contribution in [0.15, 0.2) is 53.3 Å². The molecule has 0 saturated carbocycles. The van der Waals surface area contributed by atoms with Gasteiger partial charge < -0.3 is 9.47 Å². The predicted molar refractivity (Wildman–Crippen MR) is 98.9 cm³/mol. The van der Waals surface area contributed by atoms with Crippen molar-refractivity contribution in [1.82, 2.24) is 9.97 Å². The molecule has 1 aromatic heterocycles. The van der Waals surface area contributed by atoms with Crippen LogP contribution >= 0.6 is 15.9 Å². The zero-order valence-corrected chi connectivity index (χ0v) is 15.6. The molecule has 0 atom stereocenters. The fourth-order valence-corrected chi connectivity index (χ4v) is 2.64. The molecule has 1 heterocycles. The zero-order valence-electron chi connectivity index (χ0n) is 14.0. The van der Waals surface area contributed by atoms with Crippen LogP contribution in [0.3, 0.4) is 0 Å². The van der Waals surface area contributed by atoms with Gasteiger partial charge in [-0.25, -0.2) is 0 Å². The van der Waals surface area contributed by atoms with E-state index in [4.69, 9.17) is 9.47 Å². The van der Waals surface area contributed by atoms with Crippen molar-refractivity contribution >= 4 is 21.6 Å². The summed E-state index contributed by atoms with van der Waals surface area (Å²) >= 11 is 3.32. The summed E-state index contributed by atoms with van der Waals surface area (Å²) in [6.45, 7) is 3.83. The number of nitrogens with zero attached hydrogens (tertiary/aromatic N) is 3. The molecule has 0 spiro atoms. The molecule has 7 nitrogen and oxygen atoms in total. The van der Waals surface area contributed by atoms with E-state index >= 15 is 0 Å². The number of halogens is 1. The first-order valence-electron chi connectivity index (χ1n) is 7.61. The molecule has 2 aromatic carbocycles. The minimum Gasteiger partial charge on any atom is -0.433 e. The summed E-state index contributed by atoms with van der Waals surface area (Å²) in [6, 6.07) is 12.4. The van der Waals surface area contributed by atoms with Gasteiger partial charge in [0.25, 0.3) is 0 Å². The standard InChI is InChI=1S/C18H14BrN3O4/c1-11-7-12(2)9-15(8-11)26-18-16(22(23)24)17(20-10-21-18)25-14-5-3-13(19)4-6-14/h3-10H,1-2H3. The van der Waals surface area contributed by atoms with Crippen LogP contribution in [0.1, 0.15) is 11.1 Å². The van der Waals surface area contributed by atoms with Gasteiger partial charge in [-0.2, -0.15) is 9.97 Å². The van der Waals surface area contributed by atoms with Crippen molar-refractivity contribution in [2.75, 3.05) is 0 Å². The summed E-state index contributed by atoms with van der Waals surface area (Å²) in [5.74, 6) is 0.500. The van der Waals surface area contributed by atoms with E-state index in [9.17, 15) is 10.1 Å². The third-order valence-electron chi connectivity index (χ3n) is 3.38. The number of hydrogen-bond donors (Lipinski definition) is 0. The van der Waals surface area contributed by atoms with Gasteiger partial charge in [-0.15, -0.1) is 0 Å². The second-order valence-corrected chi connectivity index (χ2v) is 6.49. The lowest BCUT2D eigenvalue weighted by Gasteiger charge is -2.09. The van der Waals surface area contributed by atoms with E-state index in [0.29, 0.717) is 11.5 Å². The highest BCUT2D eigenvalue weighted by Gasteiger charge is 2.27. The Bertz CT molecular complexity index is 941. The molecule has 132 valence electrons. The Morgan fingerprint density at radius 2 is 1.46 bits per heavy atom. The topological polar surface area (TPSA) is 87.4 Å². The van der Waals surface area contributed by atoms with E-state index in [1.54, 1.807) is 36.4 Å². The molecule has 0 aliphatic rings. The fraction of sp³-hybridized carbons (Fsp3) is 0.111. The number of nitro groups is 1. The van der Waals surface area contributed by atoms with E-state index in [1.165, 1.54) is 6.33 Å². The summed E-state index contributed by atoms with van der Waals surface area (Å²) < 4.78 is 12.1. The van der Waals surface area contributed by atoms with Crippen molar-refractivity contribution in [1.29, 1.82) is 0 Å². The van der Waals surface area contributed by atoms with Crippen LogP contribution in [-0.2, 0) is 0 Å². The summed E-state index contributed by atoms with van der Waals surface area (Å²) in [7, 11) is 0. The number of hydrogen-bond acceptors (Lipinski definition) is 6. The Balaban J connectivity index is 1.98. The van der Waals surface area contributed by atoms with Crippen molar-refractivity contribution in [2.24, 2.45) is 0 Å². The third-order valence-corrected chi connectivity index (χ3v) is 3.90. The molecule has 3 aromatic rings. The largest absolute Gasteiger partial charge is 0.433 e. The monoisotopic (exact) mass is 415 g/mol. The van der Waals surface area contributed by atoms with Gasteiger partial charge in [-0.05, 0) is 61.4 Å². The summed E-state index contributed by atoms with van der Waals surface area (Å²) in [4.78, 5) is 18.7. The minimum atomic E-state index is -0.619. The van der Waals surface area contributed by atoms with Gasteiger partial charge in [0.05, 0.1) is 4.92 Å². The molecule has 0 aliphatic heterocycles. The first-order valence-corrected chi connectivity index (χ1v) is 8.40. The van der Waals surface area contributed by atoms with E-state index in [0.717, 1.165) is 15.6 Å². The SMILES string of the molecule is Cc1cc(C)cc(Oc2ncnc(Oc3ccc(Br)cc3)c2[N+](=O)[O-])c1. The maximum atomic E-state index is 11.6. The Labute approximate surface area is 157 Å². The van der Waals surface area contributed by atoms with Gasteiger partial charge >= 0.3 is 17.4 Å². The maximum Gasteiger partial charge on any atom is 0.393 e. The van der Waals surface area contributed by atoms with Gasteiger partial charge in [-0.1, -0.05) is 22.0 Å². The Hall–Kier alpha value is -3.00. The van der Waals surface area contributed by atoms with E-state index in [2.05, 4.69) is 25.9 Å². The first-order chi connectivity index (χ1) is 12.4. The number of benzene rings is 2. The molecule has 0 amide bonds. The summed E-state index contributed by atoms with van der Waals surface area (Å²) in [5.41, 5.74) is 1.51. The van der Waals surface area contributed by atoms with Crippen LogP contribution < -0.4 is 9.47 Å². The lowest BCUT2D eigenvalue weighted by atomic mass is 10.1. The molecule has 0 saturated heterocycles. The molecule has 3 rings (SSSR count). The van der Waals surface area contributed by atoms with Crippen LogP contribution in [0.25, 0.3) is 0 Å². The fourth-order valence-electron chi connectivity index (χ4n) is 2.37. The van der Waals surface area contributed by atoms with Gasteiger partial charge in [0.1, 0.15) is 17.8 Å². The van der Waals surface area contributed by atoms with Crippen molar-refractivity contribution in [3.8, 4) is 23.3 Å². The molecule has 8 heteroatoms. The van der Waals surface area contributed by atoms with Crippen molar-refractivity contribution in [2.45, 2.75) is 13.8 Å². The molecule has 0 unspecified atom stereocenters. The van der Waals surface area contributed by atoms with Gasteiger partial charge in [0.15, 0.2) is 0 Å². The van der Waals surface area contributed by atoms with E-state index in [1.807, 2.05) is 19.9 Å². The zero-order chi connectivity index (χ0) is 18.7. The Morgan fingerprint density at radius 3 is 2.00 bits per heavy atom. The third kappa shape index (κ3) is 4.15. The number of aromatic nitrogens is 2. The average molecular weight is 416 g/mol. The lowest BCUT2D eigenvalue weighted by Crippen LogP contribution is -2.01. The normalized spacial score (nSPS) is 10.4. The molecular weight excluding hydrogens is 402 g/mol. The first kappa shape index (κ1) is 17.8. The summed E-state index contributed by atoms with van der Waals surface area (Å²) in [5, 5.41) is 11.6. The molecule has 0 bridgehead atoms. The van der Waals surface area contributed by atoms with Crippen molar-refractivity contribution < 1.29 is 14.4 Å². The summed E-state index contributed by atoms with van der Waals surface area (Å²) in [6.07, 6.45) is 1.17. The second kappa shape index (κ2) is 7.49. The number of rotatable bonds is 5. The molecular formula is C18H14BrN3O4. The second-order valence-electron chi connectivity index (χ2n) is 5.57. The highest BCUT2D eigenvalue weighted by molar-refractivity contribution is 9.10. The number of ether oxygens (including phenoxy) is 2. The van der Waals surface area contributed by atoms with Crippen LogP contribution in [0.2, 0.25) is 0 Å². The molecule has 0 radical (unpaired) electrons. The Kier molecular flexibility index (Phi) is 5.13. The van der Waals surface area contributed by atoms with Gasteiger partial charge in [0.2, 0.25) is 0 Å². The Morgan fingerprint density at radius 1 is 0.923 bits per heavy atom. The van der Waals surface area contributed by atoms with Crippen LogP contribution in [0.4, 0.5) is 5.69 Å². The van der Waals surface area contributed by atoms with E-state index in [-0.39, 0.29) is 11.8 Å². The molecule has 0 fully saturated rings. The smallest absolute Gasteiger partial charge is 0.393 e. The molecule has 0 N–H and O–H groups in total. The average Bonchev–Trinajstić information content (AvgIpc) is 2.56. The van der Waals surface area contributed by atoms with Crippen molar-refractivity contribution in [3.63, 3.8) is 0 Å². The van der Waals surface area contributed by atoms with Crippen LogP contribution in [0, 0.1) is 24.0 Å². The molecule has 0 aliphatic carbocycles. The number of aryl methyl sites for hydroxylation is 2. The minimum absolute atomic E-state index is 0.179. The van der Waals surface area contributed by atoms with Gasteiger partial charge in [-0.3, -0.25) is 10.1 Å². The van der Waals surface area contributed by atoms with Crippen molar-refractivity contribution in [3.05, 3.63) is 74.5 Å². The van der Waals surface area contributed by atoms with Crippen LogP contribution in [-0.4, -0.2) is 14.9 Å². The lowest BCUT2D eigenvalue weighted by molar-refractivity contribution is -0.387. The molecule has 26 heavy (non-hydrogen) atoms. The van der Waals surface area contributed by atoms with Gasteiger partial charge in [0, 0.05) is 4.47 Å².